The van der Waals surface area contributed by atoms with Crippen LogP contribution in [0.3, 0.4) is 0 Å². The minimum Gasteiger partial charge on any atom is -0.320 e. The lowest BCUT2D eigenvalue weighted by molar-refractivity contribution is 0.102. The highest BCUT2D eigenvalue weighted by Gasteiger charge is 2.24. The van der Waals surface area contributed by atoms with E-state index >= 15 is 0 Å². The van der Waals surface area contributed by atoms with Crippen LogP contribution >= 0.6 is 0 Å². The van der Waals surface area contributed by atoms with Gasteiger partial charge in [0.1, 0.15) is 12.1 Å². The van der Waals surface area contributed by atoms with Crippen LogP contribution in [0.2, 0.25) is 0 Å². The Kier molecular flexibility index (Phi) is 7.16. The van der Waals surface area contributed by atoms with Crippen molar-refractivity contribution in [2.45, 2.75) is 18.4 Å². The Balaban J connectivity index is 1.41. The molecule has 0 aliphatic rings. The number of rotatable bonds is 8. The van der Waals surface area contributed by atoms with Crippen LogP contribution < -0.4 is 5.32 Å². The molecule has 0 saturated heterocycles. The Hall–Kier alpha value is -5.42. The normalized spacial score (nSPS) is 11.5. The number of carbonyl (C=O) groups excluding carboxylic acids is 2. The van der Waals surface area contributed by atoms with E-state index in [2.05, 4.69) is 15.4 Å². The molecule has 6 aromatic rings. The van der Waals surface area contributed by atoms with E-state index in [1.54, 1.807) is 29.1 Å². The number of aryl methyl sites for hydroxylation is 1. The maximum Gasteiger partial charge on any atom is 0.269 e. The number of hydrogen-bond donors (Lipinski definition) is 1. The predicted octanol–water partition coefficient (Wildman–Crippen LogP) is 5.70. The predicted molar refractivity (Wildman–Crippen MR) is 160 cm³/mol. The van der Waals surface area contributed by atoms with Crippen LogP contribution in [0.25, 0.3) is 22.2 Å². The number of benzene rings is 3. The molecule has 214 valence electrons. The van der Waals surface area contributed by atoms with Gasteiger partial charge in [-0.15, -0.1) is 0 Å². The maximum atomic E-state index is 14.9. The third kappa shape index (κ3) is 5.45. The Morgan fingerprint density at radius 1 is 0.977 bits per heavy atom. The lowest BCUT2D eigenvalue weighted by Crippen LogP contribution is -2.13. The van der Waals surface area contributed by atoms with Crippen molar-refractivity contribution in [2.75, 3.05) is 5.32 Å². The summed E-state index contributed by atoms with van der Waals surface area (Å²) in [5, 5.41) is 7.34. The molecule has 3 aromatic heterocycles. The number of fused-ring (bicyclic) bond motifs is 1. The molecule has 0 saturated carbocycles. The Bertz CT molecular complexity index is 2100. The first kappa shape index (κ1) is 27.7. The van der Waals surface area contributed by atoms with Crippen molar-refractivity contribution in [3.05, 3.63) is 132 Å². The molecule has 11 heteroatoms. The molecular formula is C32H24FN5O4S. The van der Waals surface area contributed by atoms with Gasteiger partial charge in [-0.25, -0.2) is 21.8 Å². The molecule has 0 bridgehead atoms. The minimum atomic E-state index is -4.11. The van der Waals surface area contributed by atoms with Gasteiger partial charge in [-0.3, -0.25) is 14.3 Å². The monoisotopic (exact) mass is 593 g/mol. The minimum absolute atomic E-state index is 0.0384. The number of nitrogens with one attached hydrogen (secondary N) is 1. The molecule has 0 radical (unpaired) electrons. The summed E-state index contributed by atoms with van der Waals surface area (Å²) in [7, 11) is -4.11. The van der Waals surface area contributed by atoms with Crippen LogP contribution in [0.5, 0.6) is 0 Å². The topological polar surface area (TPSA) is 116 Å². The van der Waals surface area contributed by atoms with Crippen LogP contribution in [0, 0.1) is 12.7 Å². The second kappa shape index (κ2) is 11.1. The first-order chi connectivity index (χ1) is 20.7. The van der Waals surface area contributed by atoms with E-state index in [0.717, 1.165) is 21.2 Å². The molecule has 6 rings (SSSR count). The van der Waals surface area contributed by atoms with Crippen molar-refractivity contribution >= 4 is 38.9 Å². The number of aldehydes is 1. The van der Waals surface area contributed by atoms with Crippen molar-refractivity contribution in [1.82, 2.24) is 18.7 Å². The summed E-state index contributed by atoms with van der Waals surface area (Å²) in [6, 6.07) is 21.6. The molecule has 3 aromatic carbocycles. The first-order valence-corrected chi connectivity index (χ1v) is 14.6. The highest BCUT2D eigenvalue weighted by atomic mass is 32.2. The third-order valence-electron chi connectivity index (χ3n) is 6.96. The second-order valence-corrected chi connectivity index (χ2v) is 11.8. The van der Waals surface area contributed by atoms with Gasteiger partial charge in [0.15, 0.2) is 5.65 Å². The largest absolute Gasteiger partial charge is 0.320 e. The number of halogens is 1. The zero-order valence-electron chi connectivity index (χ0n) is 22.8. The van der Waals surface area contributed by atoms with Crippen molar-refractivity contribution in [3.63, 3.8) is 0 Å². The first-order valence-electron chi connectivity index (χ1n) is 13.2. The van der Waals surface area contributed by atoms with Gasteiger partial charge in [0, 0.05) is 40.7 Å². The summed E-state index contributed by atoms with van der Waals surface area (Å²) in [6.45, 7) is 2.31. The number of amides is 1. The molecule has 0 aliphatic heterocycles. The highest BCUT2D eigenvalue weighted by molar-refractivity contribution is 7.90. The standard InChI is InChI=1S/C32H24FN5O4S/c1-21-7-10-26(11-8-21)43(41,42)38-19-30(36-32(40)25-16-35-37(18-25)17-22-5-3-2-4-6-22)28-14-24(15-34-31(28)38)27-12-9-23(20-39)13-29(27)33/h2-16,18-20H,17H2,1H3,(H,36,40). The molecule has 9 nitrogen and oxygen atoms in total. The fraction of sp³-hybridized carbons (Fsp3) is 0.0625. The molecule has 0 fully saturated rings. The number of aromatic nitrogens is 4. The van der Waals surface area contributed by atoms with E-state index in [0.29, 0.717) is 18.4 Å². The summed E-state index contributed by atoms with van der Waals surface area (Å²) in [5.41, 5.74) is 3.03. The van der Waals surface area contributed by atoms with E-state index in [4.69, 9.17) is 0 Å². The van der Waals surface area contributed by atoms with E-state index in [-0.39, 0.29) is 38.3 Å². The van der Waals surface area contributed by atoms with Crippen LogP contribution in [-0.2, 0) is 16.6 Å². The average molecular weight is 594 g/mol. The quantitative estimate of drug-likeness (QED) is 0.227. The molecule has 1 N–H and O–H groups in total. The molecule has 0 unspecified atom stereocenters. The van der Waals surface area contributed by atoms with Crippen molar-refractivity contribution < 1.29 is 22.4 Å². The number of hydrogen-bond acceptors (Lipinski definition) is 6. The van der Waals surface area contributed by atoms with Gasteiger partial charge in [-0.05, 0) is 36.8 Å². The smallest absolute Gasteiger partial charge is 0.269 e. The molecule has 1 amide bonds. The summed E-state index contributed by atoms with van der Waals surface area (Å²) >= 11 is 0. The van der Waals surface area contributed by atoms with Gasteiger partial charge < -0.3 is 5.32 Å². The van der Waals surface area contributed by atoms with Gasteiger partial charge >= 0.3 is 0 Å². The van der Waals surface area contributed by atoms with E-state index in [9.17, 15) is 22.4 Å². The van der Waals surface area contributed by atoms with Crippen LogP contribution in [-0.4, -0.2) is 39.3 Å². The molecule has 3 heterocycles. The fourth-order valence-corrected chi connectivity index (χ4v) is 6.03. The van der Waals surface area contributed by atoms with Gasteiger partial charge in [-0.1, -0.05) is 60.2 Å². The number of nitrogens with zero attached hydrogens (tertiary/aromatic N) is 4. The van der Waals surface area contributed by atoms with Crippen LogP contribution in [0.1, 0.15) is 31.8 Å². The maximum absolute atomic E-state index is 14.9. The zero-order chi connectivity index (χ0) is 30.1. The number of pyridine rings is 1. The summed E-state index contributed by atoms with van der Waals surface area (Å²) in [6.07, 6.45) is 6.20. The molecular weight excluding hydrogens is 569 g/mol. The third-order valence-corrected chi connectivity index (χ3v) is 8.63. The second-order valence-electron chi connectivity index (χ2n) is 9.98. The number of carbonyl (C=O) groups is 2. The van der Waals surface area contributed by atoms with E-state index < -0.39 is 21.7 Å². The van der Waals surface area contributed by atoms with Gasteiger partial charge in [0.25, 0.3) is 15.9 Å². The summed E-state index contributed by atoms with van der Waals surface area (Å²) in [5.74, 6) is -1.16. The lowest BCUT2D eigenvalue weighted by atomic mass is 10.0. The average Bonchev–Trinajstić information content (AvgIpc) is 3.63. The summed E-state index contributed by atoms with van der Waals surface area (Å²) < 4.78 is 44.9. The van der Waals surface area contributed by atoms with Gasteiger partial charge in [-0.2, -0.15) is 5.10 Å². The molecule has 43 heavy (non-hydrogen) atoms. The molecule has 0 atom stereocenters. The summed E-state index contributed by atoms with van der Waals surface area (Å²) in [4.78, 5) is 28.8. The van der Waals surface area contributed by atoms with Crippen LogP contribution in [0.15, 0.2) is 109 Å². The number of anilines is 1. The molecule has 0 aliphatic carbocycles. The fourth-order valence-electron chi connectivity index (χ4n) is 4.70. The van der Waals surface area contributed by atoms with Gasteiger partial charge in [0.05, 0.1) is 28.9 Å². The van der Waals surface area contributed by atoms with Gasteiger partial charge in [0.2, 0.25) is 0 Å². The van der Waals surface area contributed by atoms with E-state index in [1.165, 1.54) is 42.9 Å². The Labute approximate surface area is 246 Å². The zero-order valence-corrected chi connectivity index (χ0v) is 23.6. The van der Waals surface area contributed by atoms with Crippen molar-refractivity contribution in [2.24, 2.45) is 0 Å². The van der Waals surface area contributed by atoms with E-state index in [1.807, 2.05) is 37.3 Å². The Morgan fingerprint density at radius 3 is 2.47 bits per heavy atom. The lowest BCUT2D eigenvalue weighted by Gasteiger charge is -2.08. The SMILES string of the molecule is Cc1ccc(S(=O)(=O)n2cc(NC(=O)c3cnn(Cc4ccccc4)c3)c3cc(-c4ccc(C=O)cc4F)cnc32)cc1. The Morgan fingerprint density at radius 2 is 1.74 bits per heavy atom. The van der Waals surface area contributed by atoms with Crippen LogP contribution in [0.4, 0.5) is 10.1 Å². The highest BCUT2D eigenvalue weighted by Crippen LogP contribution is 2.33. The van der Waals surface area contributed by atoms with Crippen molar-refractivity contribution in [1.29, 1.82) is 0 Å². The molecule has 0 spiro atoms. The van der Waals surface area contributed by atoms with Crippen molar-refractivity contribution in [3.8, 4) is 11.1 Å².